The Labute approximate surface area is 209 Å². The number of nitro groups is 2. The Balaban J connectivity index is 1.44. The van der Waals surface area contributed by atoms with Gasteiger partial charge in [0.15, 0.2) is 0 Å². The van der Waals surface area contributed by atoms with E-state index in [1.165, 1.54) is 72.1 Å². The average Bonchev–Trinajstić information content (AvgIpc) is 2.85. The van der Waals surface area contributed by atoms with Crippen LogP contribution in [0, 0.1) is 20.2 Å². The van der Waals surface area contributed by atoms with Crippen LogP contribution in [-0.4, -0.2) is 18.3 Å². The lowest BCUT2D eigenvalue weighted by molar-refractivity contribution is -0.385. The van der Waals surface area contributed by atoms with Gasteiger partial charge in [-0.25, -0.2) is 8.42 Å². The molecule has 0 saturated heterocycles. The predicted molar refractivity (Wildman–Crippen MR) is 133 cm³/mol. The van der Waals surface area contributed by atoms with E-state index < -0.39 is 19.7 Å². The van der Waals surface area contributed by atoms with Gasteiger partial charge in [0.05, 0.1) is 19.6 Å². The largest absolute Gasteiger partial charge is 0.269 e. The van der Waals surface area contributed by atoms with Gasteiger partial charge < -0.3 is 0 Å². The maximum Gasteiger partial charge on any atom is 0.269 e. The molecule has 0 aliphatic heterocycles. The van der Waals surface area contributed by atoms with Gasteiger partial charge >= 0.3 is 0 Å². The molecule has 0 spiro atoms. The summed E-state index contributed by atoms with van der Waals surface area (Å²) in [5.41, 5.74) is 0.0147. The Morgan fingerprint density at radius 3 is 1.00 bits per heavy atom. The zero-order valence-electron chi connectivity index (χ0n) is 17.8. The molecule has 0 fully saturated rings. The average molecular weight is 525 g/mol. The summed E-state index contributed by atoms with van der Waals surface area (Å²) < 4.78 is 26.1. The van der Waals surface area contributed by atoms with E-state index in [0.29, 0.717) is 0 Å². The van der Waals surface area contributed by atoms with Gasteiger partial charge in [-0.2, -0.15) is 0 Å². The molecule has 176 valence electrons. The molecule has 0 aliphatic carbocycles. The summed E-state index contributed by atoms with van der Waals surface area (Å²) >= 11 is 2.74. The van der Waals surface area contributed by atoms with E-state index >= 15 is 0 Å². The smallest absolute Gasteiger partial charge is 0.258 e. The third kappa shape index (κ3) is 5.88. The Bertz CT molecular complexity index is 1360. The second-order valence-electron chi connectivity index (χ2n) is 7.15. The first-order chi connectivity index (χ1) is 16.7. The van der Waals surface area contributed by atoms with Gasteiger partial charge in [-0.1, -0.05) is 23.5 Å². The van der Waals surface area contributed by atoms with Crippen LogP contribution < -0.4 is 0 Å². The zero-order chi connectivity index (χ0) is 25.0. The lowest BCUT2D eigenvalue weighted by Crippen LogP contribution is -2.01. The fraction of sp³-hybridized carbons (Fsp3) is 0. The highest BCUT2D eigenvalue weighted by atomic mass is 32.2. The van der Waals surface area contributed by atoms with Crippen molar-refractivity contribution in [3.63, 3.8) is 0 Å². The molecule has 11 heteroatoms. The maximum absolute atomic E-state index is 13.0. The van der Waals surface area contributed by atoms with Crippen LogP contribution in [-0.2, 0) is 9.84 Å². The number of non-ortho nitro benzene ring substituents is 2. The monoisotopic (exact) mass is 524 g/mol. The standard InChI is InChI=1S/C24H16N2O6S3/c27-25(28)17-1-5-19(6-2-17)33-21-9-13-23(14-10-21)35(31,32)24-15-11-22(12-16-24)34-20-7-3-18(4-8-20)26(29)30/h1-16H. The van der Waals surface area contributed by atoms with Crippen molar-refractivity contribution in [3.05, 3.63) is 117 Å². The van der Waals surface area contributed by atoms with Crippen molar-refractivity contribution in [1.82, 2.24) is 0 Å². The molecular weight excluding hydrogens is 508 g/mol. The van der Waals surface area contributed by atoms with Crippen LogP contribution in [0.4, 0.5) is 11.4 Å². The van der Waals surface area contributed by atoms with Gasteiger partial charge in [0.1, 0.15) is 0 Å². The topological polar surface area (TPSA) is 120 Å². The van der Waals surface area contributed by atoms with Crippen molar-refractivity contribution in [2.75, 3.05) is 0 Å². The SMILES string of the molecule is O=[N+]([O-])c1ccc(Sc2ccc(S(=O)(=O)c3ccc(Sc4ccc([N+](=O)[O-])cc4)cc3)cc2)cc1. The highest BCUT2D eigenvalue weighted by molar-refractivity contribution is 7.99. The molecular formula is C24H16N2O6S3. The molecule has 8 nitrogen and oxygen atoms in total. The Morgan fingerprint density at radius 1 is 0.486 bits per heavy atom. The molecule has 0 radical (unpaired) electrons. The molecule has 4 rings (SSSR count). The number of nitro benzene ring substituents is 2. The molecule has 35 heavy (non-hydrogen) atoms. The van der Waals surface area contributed by atoms with Gasteiger partial charge in [-0.3, -0.25) is 20.2 Å². The number of sulfone groups is 1. The summed E-state index contributed by atoms with van der Waals surface area (Å²) in [5.74, 6) is 0. The van der Waals surface area contributed by atoms with Crippen LogP contribution in [0.2, 0.25) is 0 Å². The normalized spacial score (nSPS) is 11.2. The van der Waals surface area contributed by atoms with Gasteiger partial charge in [0.2, 0.25) is 9.84 Å². The summed E-state index contributed by atoms with van der Waals surface area (Å²) in [4.78, 5) is 24.1. The molecule has 4 aromatic carbocycles. The molecule has 0 amide bonds. The molecule has 0 aromatic heterocycles. The molecule has 0 bridgehead atoms. The predicted octanol–water partition coefficient (Wildman–Crippen LogP) is 6.64. The van der Waals surface area contributed by atoms with Crippen molar-refractivity contribution in [1.29, 1.82) is 0 Å². The van der Waals surface area contributed by atoms with Crippen molar-refractivity contribution in [3.8, 4) is 0 Å². The van der Waals surface area contributed by atoms with Gasteiger partial charge in [0, 0.05) is 43.8 Å². The Hall–Kier alpha value is -3.67. The number of hydrogen-bond acceptors (Lipinski definition) is 8. The van der Waals surface area contributed by atoms with Crippen molar-refractivity contribution in [2.24, 2.45) is 0 Å². The second kappa shape index (κ2) is 10.3. The number of nitrogens with zero attached hydrogens (tertiary/aromatic N) is 2. The van der Waals surface area contributed by atoms with Crippen molar-refractivity contribution >= 4 is 44.7 Å². The fourth-order valence-electron chi connectivity index (χ4n) is 3.05. The second-order valence-corrected chi connectivity index (χ2v) is 11.4. The van der Waals surface area contributed by atoms with Crippen molar-refractivity contribution in [2.45, 2.75) is 29.4 Å². The van der Waals surface area contributed by atoms with E-state index in [0.717, 1.165) is 19.6 Å². The molecule has 0 N–H and O–H groups in total. The van der Waals surface area contributed by atoms with Gasteiger partial charge in [0.25, 0.3) is 11.4 Å². The summed E-state index contributed by atoms with van der Waals surface area (Å²) in [6.07, 6.45) is 0. The number of rotatable bonds is 8. The third-order valence-electron chi connectivity index (χ3n) is 4.83. The van der Waals surface area contributed by atoms with E-state index in [-0.39, 0.29) is 21.2 Å². The molecule has 0 aliphatic rings. The minimum atomic E-state index is -3.72. The molecule has 0 unspecified atom stereocenters. The molecule has 0 saturated carbocycles. The van der Waals surface area contributed by atoms with Crippen LogP contribution in [0.3, 0.4) is 0 Å². The maximum atomic E-state index is 13.0. The van der Waals surface area contributed by atoms with E-state index in [2.05, 4.69) is 0 Å². The van der Waals surface area contributed by atoms with Gasteiger partial charge in [-0.05, 0) is 72.8 Å². The Kier molecular flexibility index (Phi) is 7.20. The quantitative estimate of drug-likeness (QED) is 0.186. The molecule has 0 atom stereocenters. The highest BCUT2D eigenvalue weighted by Crippen LogP contribution is 2.33. The Morgan fingerprint density at radius 2 is 0.743 bits per heavy atom. The van der Waals surface area contributed by atoms with E-state index in [9.17, 15) is 28.6 Å². The number of hydrogen-bond donors (Lipinski definition) is 0. The summed E-state index contributed by atoms with van der Waals surface area (Å²) in [5, 5.41) is 21.5. The van der Waals surface area contributed by atoms with Crippen LogP contribution in [0.25, 0.3) is 0 Å². The lowest BCUT2D eigenvalue weighted by Gasteiger charge is -2.08. The summed E-state index contributed by atoms with van der Waals surface area (Å²) in [6.45, 7) is 0. The minimum absolute atomic E-state index is 0.00736. The fourth-order valence-corrected chi connectivity index (χ4v) is 5.95. The van der Waals surface area contributed by atoms with Gasteiger partial charge in [-0.15, -0.1) is 0 Å². The summed E-state index contributed by atoms with van der Waals surface area (Å²) in [6, 6.07) is 25.1. The van der Waals surface area contributed by atoms with Crippen LogP contribution in [0.1, 0.15) is 0 Å². The minimum Gasteiger partial charge on any atom is -0.258 e. The summed E-state index contributed by atoms with van der Waals surface area (Å²) in [7, 11) is -3.72. The van der Waals surface area contributed by atoms with Crippen LogP contribution >= 0.6 is 23.5 Å². The zero-order valence-corrected chi connectivity index (χ0v) is 20.3. The number of benzene rings is 4. The van der Waals surface area contributed by atoms with Crippen LogP contribution in [0.15, 0.2) is 126 Å². The molecule has 0 heterocycles. The lowest BCUT2D eigenvalue weighted by atomic mass is 10.3. The highest BCUT2D eigenvalue weighted by Gasteiger charge is 2.18. The molecule has 4 aromatic rings. The van der Waals surface area contributed by atoms with E-state index in [1.54, 1.807) is 48.5 Å². The first-order valence-electron chi connectivity index (χ1n) is 10.0. The van der Waals surface area contributed by atoms with E-state index in [4.69, 9.17) is 0 Å². The van der Waals surface area contributed by atoms with Crippen LogP contribution in [0.5, 0.6) is 0 Å². The van der Waals surface area contributed by atoms with E-state index in [1.807, 2.05) is 0 Å². The van der Waals surface area contributed by atoms with Crippen molar-refractivity contribution < 1.29 is 18.3 Å². The first-order valence-corrected chi connectivity index (χ1v) is 13.1. The first kappa shape index (κ1) is 24.5. The third-order valence-corrected chi connectivity index (χ3v) is 8.65.